The SMILES string of the molecule is CC[C@H]1CN(C(C)=O)CC[C@@H]1NCc1nccn1Cc1ccccc1. The van der Waals surface area contributed by atoms with E-state index in [1.165, 1.54) is 5.56 Å². The Kier molecular flexibility index (Phi) is 5.87. The summed E-state index contributed by atoms with van der Waals surface area (Å²) in [4.78, 5) is 18.1. The summed E-state index contributed by atoms with van der Waals surface area (Å²) in [6, 6.07) is 10.9. The normalized spacial score (nSPS) is 20.6. The summed E-state index contributed by atoms with van der Waals surface area (Å²) < 4.78 is 2.20. The summed E-state index contributed by atoms with van der Waals surface area (Å²) in [6.07, 6.45) is 6.01. The first-order chi connectivity index (χ1) is 12.2. The van der Waals surface area contributed by atoms with E-state index in [0.29, 0.717) is 12.0 Å². The largest absolute Gasteiger partial charge is 0.343 e. The summed E-state index contributed by atoms with van der Waals surface area (Å²) in [5.74, 6) is 1.76. The molecule has 1 aliphatic heterocycles. The maximum absolute atomic E-state index is 11.6. The van der Waals surface area contributed by atoms with Crippen molar-refractivity contribution >= 4 is 5.91 Å². The maximum Gasteiger partial charge on any atom is 0.219 e. The number of hydrogen-bond acceptors (Lipinski definition) is 3. The highest BCUT2D eigenvalue weighted by Gasteiger charge is 2.28. The van der Waals surface area contributed by atoms with E-state index in [2.05, 4.69) is 46.1 Å². The fourth-order valence-corrected chi connectivity index (χ4v) is 3.65. The molecule has 0 bridgehead atoms. The van der Waals surface area contributed by atoms with E-state index in [9.17, 15) is 4.79 Å². The summed E-state index contributed by atoms with van der Waals surface area (Å²) in [6.45, 7) is 7.20. The van der Waals surface area contributed by atoms with E-state index in [4.69, 9.17) is 0 Å². The van der Waals surface area contributed by atoms with Crippen LogP contribution in [0, 0.1) is 5.92 Å². The highest BCUT2D eigenvalue weighted by atomic mass is 16.2. The third kappa shape index (κ3) is 4.48. The molecule has 5 nitrogen and oxygen atoms in total. The van der Waals surface area contributed by atoms with Crippen LogP contribution in [0.4, 0.5) is 0 Å². The first kappa shape index (κ1) is 17.7. The average Bonchev–Trinajstić information content (AvgIpc) is 3.07. The number of aromatic nitrogens is 2. The van der Waals surface area contributed by atoms with Crippen LogP contribution in [0.15, 0.2) is 42.7 Å². The molecule has 1 N–H and O–H groups in total. The molecule has 0 aliphatic carbocycles. The number of hydrogen-bond donors (Lipinski definition) is 1. The van der Waals surface area contributed by atoms with Crippen molar-refractivity contribution in [2.45, 2.75) is 45.8 Å². The molecule has 2 heterocycles. The summed E-state index contributed by atoms with van der Waals surface area (Å²) in [5.41, 5.74) is 1.28. The van der Waals surface area contributed by atoms with E-state index in [1.54, 1.807) is 6.92 Å². The minimum atomic E-state index is 0.190. The monoisotopic (exact) mass is 340 g/mol. The Morgan fingerprint density at radius 3 is 2.84 bits per heavy atom. The number of carbonyl (C=O) groups excluding carboxylic acids is 1. The molecule has 2 atom stereocenters. The highest BCUT2D eigenvalue weighted by Crippen LogP contribution is 2.21. The number of likely N-dealkylation sites (tertiary alicyclic amines) is 1. The molecular formula is C20H28N4O. The Morgan fingerprint density at radius 2 is 2.12 bits per heavy atom. The van der Waals surface area contributed by atoms with E-state index < -0.39 is 0 Å². The molecule has 1 amide bonds. The van der Waals surface area contributed by atoms with Gasteiger partial charge in [-0.2, -0.15) is 0 Å². The van der Waals surface area contributed by atoms with Crippen molar-refractivity contribution in [2.75, 3.05) is 13.1 Å². The Balaban J connectivity index is 1.59. The minimum Gasteiger partial charge on any atom is -0.343 e. The van der Waals surface area contributed by atoms with Crippen molar-refractivity contribution in [3.05, 3.63) is 54.1 Å². The molecule has 1 aromatic heterocycles. The van der Waals surface area contributed by atoms with Crippen molar-refractivity contribution < 1.29 is 4.79 Å². The van der Waals surface area contributed by atoms with Gasteiger partial charge in [0.2, 0.25) is 5.91 Å². The molecule has 134 valence electrons. The van der Waals surface area contributed by atoms with Gasteiger partial charge in [0.25, 0.3) is 0 Å². The molecule has 0 unspecified atom stereocenters. The number of nitrogens with zero attached hydrogens (tertiary/aromatic N) is 3. The van der Waals surface area contributed by atoms with Gasteiger partial charge in [-0.05, 0) is 17.9 Å². The van der Waals surface area contributed by atoms with Crippen molar-refractivity contribution in [3.63, 3.8) is 0 Å². The number of piperidine rings is 1. The maximum atomic E-state index is 11.6. The van der Waals surface area contributed by atoms with Crippen LogP contribution in [0.25, 0.3) is 0 Å². The lowest BCUT2D eigenvalue weighted by Crippen LogP contribution is -2.50. The van der Waals surface area contributed by atoms with Crippen molar-refractivity contribution in [1.29, 1.82) is 0 Å². The summed E-state index contributed by atoms with van der Waals surface area (Å²) in [5, 5.41) is 3.69. The van der Waals surface area contributed by atoms with Gasteiger partial charge in [-0.1, -0.05) is 43.7 Å². The van der Waals surface area contributed by atoms with Crippen molar-refractivity contribution in [2.24, 2.45) is 5.92 Å². The second-order valence-electron chi connectivity index (χ2n) is 6.87. The molecule has 1 aromatic carbocycles. The quantitative estimate of drug-likeness (QED) is 0.879. The van der Waals surface area contributed by atoms with Crippen molar-refractivity contribution in [3.8, 4) is 0 Å². The van der Waals surface area contributed by atoms with Gasteiger partial charge in [0, 0.05) is 45.0 Å². The number of amides is 1. The van der Waals surface area contributed by atoms with Gasteiger partial charge in [-0.25, -0.2) is 4.98 Å². The smallest absolute Gasteiger partial charge is 0.219 e. The number of rotatable bonds is 6. The number of benzene rings is 1. The standard InChI is InChI=1S/C20H28N4O/c1-3-18-15-23(16(2)25)11-9-19(18)22-13-20-21-10-12-24(20)14-17-7-5-4-6-8-17/h4-8,10,12,18-19,22H,3,9,11,13-15H2,1-2H3/t18-,19-/m0/s1. The Hall–Kier alpha value is -2.14. The molecule has 1 fully saturated rings. The highest BCUT2D eigenvalue weighted by molar-refractivity contribution is 5.73. The van der Waals surface area contributed by atoms with E-state index in [-0.39, 0.29) is 5.91 Å². The van der Waals surface area contributed by atoms with Crippen LogP contribution >= 0.6 is 0 Å². The molecule has 5 heteroatoms. The van der Waals surface area contributed by atoms with Crippen molar-refractivity contribution in [1.82, 2.24) is 19.8 Å². The Labute approximate surface area is 150 Å². The minimum absolute atomic E-state index is 0.190. The predicted octanol–water partition coefficient (Wildman–Crippen LogP) is 2.67. The van der Waals surface area contributed by atoms with Crippen LogP contribution in [0.3, 0.4) is 0 Å². The third-order valence-electron chi connectivity index (χ3n) is 5.22. The molecule has 0 spiro atoms. The van der Waals surface area contributed by atoms with Gasteiger partial charge < -0.3 is 14.8 Å². The van der Waals surface area contributed by atoms with Gasteiger partial charge in [-0.3, -0.25) is 4.79 Å². The molecule has 2 aromatic rings. The van der Waals surface area contributed by atoms with Gasteiger partial charge in [0.1, 0.15) is 5.82 Å². The molecule has 1 saturated heterocycles. The fraction of sp³-hybridized carbons (Fsp3) is 0.500. The second-order valence-corrected chi connectivity index (χ2v) is 6.87. The number of imidazole rings is 1. The van der Waals surface area contributed by atoms with Crippen LogP contribution in [-0.2, 0) is 17.9 Å². The molecule has 0 saturated carbocycles. The lowest BCUT2D eigenvalue weighted by Gasteiger charge is -2.38. The second kappa shape index (κ2) is 8.30. The molecular weight excluding hydrogens is 312 g/mol. The summed E-state index contributed by atoms with van der Waals surface area (Å²) in [7, 11) is 0. The molecule has 25 heavy (non-hydrogen) atoms. The lowest BCUT2D eigenvalue weighted by molar-refractivity contribution is -0.131. The number of carbonyl (C=O) groups is 1. The molecule has 1 aliphatic rings. The third-order valence-corrected chi connectivity index (χ3v) is 5.22. The van der Waals surface area contributed by atoms with Gasteiger partial charge in [-0.15, -0.1) is 0 Å². The first-order valence-electron chi connectivity index (χ1n) is 9.20. The van der Waals surface area contributed by atoms with Gasteiger partial charge >= 0.3 is 0 Å². The van der Waals surface area contributed by atoms with Gasteiger partial charge in [0.15, 0.2) is 0 Å². The Morgan fingerprint density at radius 1 is 1.32 bits per heavy atom. The van der Waals surface area contributed by atoms with Crippen LogP contribution < -0.4 is 5.32 Å². The van der Waals surface area contributed by atoms with Crippen LogP contribution in [0.1, 0.15) is 38.1 Å². The zero-order valence-electron chi connectivity index (χ0n) is 15.2. The van der Waals surface area contributed by atoms with Crippen LogP contribution in [-0.4, -0.2) is 39.5 Å². The summed E-state index contributed by atoms with van der Waals surface area (Å²) >= 11 is 0. The van der Waals surface area contributed by atoms with Crippen LogP contribution in [0.5, 0.6) is 0 Å². The van der Waals surface area contributed by atoms with E-state index in [1.807, 2.05) is 23.4 Å². The lowest BCUT2D eigenvalue weighted by atomic mass is 9.90. The zero-order chi connectivity index (χ0) is 17.6. The average molecular weight is 340 g/mol. The number of nitrogens with one attached hydrogen (secondary N) is 1. The zero-order valence-corrected chi connectivity index (χ0v) is 15.2. The predicted molar refractivity (Wildman–Crippen MR) is 99.1 cm³/mol. The Bertz CT molecular complexity index is 682. The van der Waals surface area contributed by atoms with Gasteiger partial charge in [0.05, 0.1) is 6.54 Å². The molecule has 3 rings (SSSR count). The van der Waals surface area contributed by atoms with E-state index >= 15 is 0 Å². The molecule has 0 radical (unpaired) electrons. The first-order valence-corrected chi connectivity index (χ1v) is 9.20. The topological polar surface area (TPSA) is 50.2 Å². The van der Waals surface area contributed by atoms with Crippen LogP contribution in [0.2, 0.25) is 0 Å². The fourth-order valence-electron chi connectivity index (χ4n) is 3.65. The van der Waals surface area contributed by atoms with E-state index in [0.717, 1.165) is 44.8 Å².